The van der Waals surface area contributed by atoms with Crippen molar-refractivity contribution in [1.29, 1.82) is 0 Å². The molecule has 9 heteroatoms. The van der Waals surface area contributed by atoms with E-state index in [9.17, 15) is 9.90 Å². The molecule has 0 atom stereocenters. The van der Waals surface area contributed by atoms with E-state index in [1.54, 1.807) is 18.2 Å². The van der Waals surface area contributed by atoms with Crippen LogP contribution in [0.1, 0.15) is 40.7 Å². The number of aryl methyl sites for hydroxylation is 2. The van der Waals surface area contributed by atoms with E-state index in [4.69, 9.17) is 4.98 Å². The third kappa shape index (κ3) is 4.16. The van der Waals surface area contributed by atoms with Crippen molar-refractivity contribution in [3.05, 3.63) is 82.9 Å². The highest BCUT2D eigenvalue weighted by atomic mass is 19.1. The lowest BCUT2D eigenvalue weighted by atomic mass is 9.98. The van der Waals surface area contributed by atoms with Crippen molar-refractivity contribution in [2.24, 2.45) is 0 Å². The maximum Gasteiger partial charge on any atom is 0.335 e. The average Bonchev–Trinajstić information content (AvgIpc) is 3.50. The number of H-pyrrole nitrogens is 1. The Labute approximate surface area is 200 Å². The van der Waals surface area contributed by atoms with Gasteiger partial charge in [0.1, 0.15) is 11.6 Å². The second kappa shape index (κ2) is 9.09. The van der Waals surface area contributed by atoms with Gasteiger partial charge in [0.25, 0.3) is 0 Å². The fraction of sp³-hybridized carbons (Fsp3) is 0.192. The first-order valence-corrected chi connectivity index (χ1v) is 11.3. The molecule has 35 heavy (non-hydrogen) atoms. The number of aromatic amines is 1. The highest BCUT2D eigenvalue weighted by Crippen LogP contribution is 2.31. The third-order valence-corrected chi connectivity index (χ3v) is 6.06. The lowest BCUT2D eigenvalue weighted by molar-refractivity contribution is 0.0697. The number of carboxylic acid groups (broad SMARTS) is 1. The summed E-state index contributed by atoms with van der Waals surface area (Å²) in [5.74, 6) is -0.0529. The molecule has 2 aromatic heterocycles. The second-order valence-corrected chi connectivity index (χ2v) is 8.43. The van der Waals surface area contributed by atoms with Crippen molar-refractivity contribution in [3.8, 4) is 22.5 Å². The molecule has 0 aliphatic carbocycles. The van der Waals surface area contributed by atoms with Gasteiger partial charge in [-0.25, -0.2) is 19.3 Å². The molecule has 0 aliphatic rings. The van der Waals surface area contributed by atoms with Gasteiger partial charge in [-0.2, -0.15) is 0 Å². The Bertz CT molecular complexity index is 1540. The van der Waals surface area contributed by atoms with Crippen molar-refractivity contribution in [2.75, 3.05) is 0 Å². The van der Waals surface area contributed by atoms with Gasteiger partial charge in [-0.1, -0.05) is 43.3 Å². The number of hydrogen-bond donors (Lipinski definition) is 2. The van der Waals surface area contributed by atoms with Crippen LogP contribution in [-0.4, -0.2) is 41.3 Å². The summed E-state index contributed by atoms with van der Waals surface area (Å²) in [6.45, 7) is 4.14. The molecule has 3 aromatic carbocycles. The number of imidazole rings is 1. The summed E-state index contributed by atoms with van der Waals surface area (Å²) in [7, 11) is 0. The largest absolute Gasteiger partial charge is 0.478 e. The van der Waals surface area contributed by atoms with Crippen LogP contribution in [0.2, 0.25) is 0 Å². The molecule has 0 radical (unpaired) electrons. The molecule has 8 nitrogen and oxygen atoms in total. The topological polar surface area (TPSA) is 110 Å². The SMILES string of the molecule is CCCc1nc2c(C)cc(C(=O)O)cc2n1Cc1ccc(-c2ccccc2-c2nnn[nH]2)cc1F. The number of carboxylic acids is 1. The fourth-order valence-electron chi connectivity index (χ4n) is 4.38. The number of hydrogen-bond acceptors (Lipinski definition) is 5. The van der Waals surface area contributed by atoms with Gasteiger partial charge in [0, 0.05) is 17.5 Å². The van der Waals surface area contributed by atoms with E-state index < -0.39 is 5.97 Å². The standard InChI is InChI=1S/C26H23FN6O2/c1-3-6-23-28-24-15(2)11-18(26(34)35)13-22(24)33(23)14-17-10-9-16(12-21(17)27)19-7-4-5-8-20(19)25-29-31-32-30-25/h4-5,7-13H,3,6,14H2,1-2H3,(H,34,35)(H,29,30,31,32). The fourth-order valence-corrected chi connectivity index (χ4v) is 4.38. The van der Waals surface area contributed by atoms with E-state index in [0.29, 0.717) is 28.9 Å². The Morgan fingerprint density at radius 3 is 2.60 bits per heavy atom. The van der Waals surface area contributed by atoms with Crippen LogP contribution in [0.3, 0.4) is 0 Å². The van der Waals surface area contributed by atoms with Crippen LogP contribution in [0.25, 0.3) is 33.5 Å². The van der Waals surface area contributed by atoms with Gasteiger partial charge in [-0.05, 0) is 58.7 Å². The monoisotopic (exact) mass is 470 g/mol. The predicted octanol–water partition coefficient (Wildman–Crippen LogP) is 5.03. The van der Waals surface area contributed by atoms with Crippen LogP contribution < -0.4 is 0 Å². The Morgan fingerprint density at radius 1 is 1.11 bits per heavy atom. The van der Waals surface area contributed by atoms with Crippen molar-refractivity contribution < 1.29 is 14.3 Å². The van der Waals surface area contributed by atoms with Crippen LogP contribution in [0.4, 0.5) is 4.39 Å². The van der Waals surface area contributed by atoms with Gasteiger partial charge in [-0.15, -0.1) is 5.10 Å². The smallest absolute Gasteiger partial charge is 0.335 e. The number of nitrogens with zero attached hydrogens (tertiary/aromatic N) is 5. The molecule has 2 heterocycles. The van der Waals surface area contributed by atoms with Gasteiger partial charge < -0.3 is 9.67 Å². The summed E-state index contributed by atoms with van der Waals surface area (Å²) >= 11 is 0. The third-order valence-electron chi connectivity index (χ3n) is 6.06. The number of tetrazole rings is 1. The summed E-state index contributed by atoms with van der Waals surface area (Å²) in [4.78, 5) is 16.4. The second-order valence-electron chi connectivity index (χ2n) is 8.43. The Hall–Kier alpha value is -4.40. The molecule has 0 bridgehead atoms. The Kier molecular flexibility index (Phi) is 5.82. The predicted molar refractivity (Wildman–Crippen MR) is 130 cm³/mol. The molecule has 0 saturated carbocycles. The van der Waals surface area contributed by atoms with Crippen molar-refractivity contribution >= 4 is 17.0 Å². The first-order valence-electron chi connectivity index (χ1n) is 11.3. The van der Waals surface area contributed by atoms with Gasteiger partial charge >= 0.3 is 5.97 Å². The summed E-state index contributed by atoms with van der Waals surface area (Å²) < 4.78 is 17.4. The number of nitrogens with one attached hydrogen (secondary N) is 1. The van der Waals surface area contributed by atoms with Crippen LogP contribution in [0.5, 0.6) is 0 Å². The summed E-state index contributed by atoms with van der Waals surface area (Å²) in [5.41, 5.74) is 5.17. The van der Waals surface area contributed by atoms with E-state index in [-0.39, 0.29) is 17.9 Å². The van der Waals surface area contributed by atoms with Gasteiger partial charge in [-0.3, -0.25) is 0 Å². The zero-order valence-electron chi connectivity index (χ0n) is 19.3. The van der Waals surface area contributed by atoms with Crippen LogP contribution in [0.15, 0.2) is 54.6 Å². The molecule has 0 spiro atoms. The Balaban J connectivity index is 1.57. The zero-order valence-corrected chi connectivity index (χ0v) is 19.3. The quantitative estimate of drug-likeness (QED) is 0.345. The first kappa shape index (κ1) is 22.4. The van der Waals surface area contributed by atoms with Gasteiger partial charge in [0.05, 0.1) is 23.1 Å². The molecule has 0 aliphatic heterocycles. The van der Waals surface area contributed by atoms with Crippen LogP contribution in [0, 0.1) is 12.7 Å². The molecule has 0 saturated heterocycles. The molecule has 0 fully saturated rings. The maximum atomic E-state index is 15.4. The lowest BCUT2D eigenvalue weighted by Crippen LogP contribution is -2.07. The molecule has 2 N–H and O–H groups in total. The summed E-state index contributed by atoms with van der Waals surface area (Å²) in [5, 5.41) is 23.5. The number of benzene rings is 3. The van der Waals surface area contributed by atoms with Crippen molar-refractivity contribution in [3.63, 3.8) is 0 Å². The highest BCUT2D eigenvalue weighted by Gasteiger charge is 2.18. The molecular weight excluding hydrogens is 447 g/mol. The van der Waals surface area contributed by atoms with Crippen molar-refractivity contribution in [1.82, 2.24) is 30.2 Å². The normalized spacial score (nSPS) is 11.3. The number of carbonyl (C=O) groups is 1. The average molecular weight is 471 g/mol. The Morgan fingerprint density at radius 2 is 1.91 bits per heavy atom. The minimum Gasteiger partial charge on any atom is -0.478 e. The van der Waals surface area contributed by atoms with E-state index in [1.165, 1.54) is 6.07 Å². The van der Waals surface area contributed by atoms with Crippen LogP contribution in [-0.2, 0) is 13.0 Å². The summed E-state index contributed by atoms with van der Waals surface area (Å²) in [6.07, 6.45) is 1.57. The maximum absolute atomic E-state index is 15.4. The van der Waals surface area contributed by atoms with E-state index in [1.807, 2.05) is 41.8 Å². The molecular formula is C26H23FN6O2. The minimum absolute atomic E-state index is 0.188. The number of aromatic carboxylic acids is 1. The molecule has 5 rings (SSSR count). The lowest BCUT2D eigenvalue weighted by Gasteiger charge is -2.13. The molecule has 176 valence electrons. The number of fused-ring (bicyclic) bond motifs is 1. The van der Waals surface area contributed by atoms with E-state index >= 15 is 4.39 Å². The number of rotatable bonds is 7. The zero-order chi connectivity index (χ0) is 24.5. The van der Waals surface area contributed by atoms with Gasteiger partial charge in [0.15, 0.2) is 5.82 Å². The van der Waals surface area contributed by atoms with Gasteiger partial charge in [0.2, 0.25) is 0 Å². The van der Waals surface area contributed by atoms with Crippen LogP contribution >= 0.6 is 0 Å². The van der Waals surface area contributed by atoms with E-state index in [2.05, 4.69) is 27.5 Å². The number of halogens is 1. The minimum atomic E-state index is -1.00. The highest BCUT2D eigenvalue weighted by molar-refractivity contribution is 5.94. The molecule has 5 aromatic rings. The molecule has 0 unspecified atom stereocenters. The molecule has 0 amide bonds. The van der Waals surface area contributed by atoms with E-state index in [0.717, 1.165) is 34.5 Å². The van der Waals surface area contributed by atoms with Crippen molar-refractivity contribution in [2.45, 2.75) is 33.2 Å². The number of aromatic nitrogens is 6. The first-order chi connectivity index (χ1) is 17.0. The summed E-state index contributed by atoms with van der Waals surface area (Å²) in [6, 6.07) is 15.9.